The zero-order valence-electron chi connectivity index (χ0n) is 13.2. The number of thiophene rings is 1. The van der Waals surface area contributed by atoms with Crippen LogP contribution in [0.3, 0.4) is 0 Å². The van der Waals surface area contributed by atoms with E-state index in [4.69, 9.17) is 0 Å². The molecule has 0 saturated carbocycles. The van der Waals surface area contributed by atoms with Crippen molar-refractivity contribution in [1.29, 1.82) is 0 Å². The van der Waals surface area contributed by atoms with E-state index in [9.17, 15) is 4.79 Å². The van der Waals surface area contributed by atoms with Crippen molar-refractivity contribution >= 4 is 17.4 Å². The maximum atomic E-state index is 11.8. The van der Waals surface area contributed by atoms with Crippen LogP contribution >= 0.6 is 11.3 Å². The predicted octanol–water partition coefficient (Wildman–Crippen LogP) is 2.76. The van der Waals surface area contributed by atoms with Gasteiger partial charge in [-0.05, 0) is 35.9 Å². The van der Waals surface area contributed by atoms with E-state index >= 15 is 0 Å². The Morgan fingerprint density at radius 1 is 1.12 bits per heavy atom. The van der Waals surface area contributed by atoms with E-state index in [2.05, 4.69) is 33.1 Å². The molecule has 6 nitrogen and oxygen atoms in total. The maximum absolute atomic E-state index is 11.8. The molecule has 0 atom stereocenters. The van der Waals surface area contributed by atoms with Gasteiger partial charge in [-0.2, -0.15) is 0 Å². The number of carbonyl (C=O) groups excluding carboxylic acids is 1. The summed E-state index contributed by atoms with van der Waals surface area (Å²) >= 11 is 1.59. The van der Waals surface area contributed by atoms with Crippen molar-refractivity contribution in [2.75, 3.05) is 6.54 Å². The van der Waals surface area contributed by atoms with Gasteiger partial charge < -0.3 is 10.6 Å². The third-order valence-electron chi connectivity index (χ3n) is 3.47. The first-order chi connectivity index (χ1) is 11.8. The summed E-state index contributed by atoms with van der Waals surface area (Å²) in [7, 11) is 0. The Morgan fingerprint density at radius 2 is 2.00 bits per heavy atom. The van der Waals surface area contributed by atoms with Crippen molar-refractivity contribution < 1.29 is 4.79 Å². The molecule has 3 rings (SSSR count). The van der Waals surface area contributed by atoms with Crippen molar-refractivity contribution in [3.05, 3.63) is 65.3 Å². The number of hydrogen-bond acceptors (Lipinski definition) is 4. The Morgan fingerprint density at radius 3 is 2.79 bits per heavy atom. The van der Waals surface area contributed by atoms with E-state index < -0.39 is 0 Å². The molecular formula is C17H19N5OS. The number of aryl methyl sites for hydroxylation is 1. The number of rotatable bonds is 7. The Hall–Kier alpha value is -2.67. The minimum absolute atomic E-state index is 0.186. The van der Waals surface area contributed by atoms with E-state index in [1.54, 1.807) is 16.0 Å². The fourth-order valence-corrected chi connectivity index (χ4v) is 2.91. The highest BCUT2D eigenvalue weighted by molar-refractivity contribution is 7.12. The lowest BCUT2D eigenvalue weighted by Crippen LogP contribution is -2.35. The van der Waals surface area contributed by atoms with Gasteiger partial charge in [-0.3, -0.25) is 0 Å². The van der Waals surface area contributed by atoms with Crippen LogP contribution in [-0.2, 0) is 13.0 Å². The number of benzene rings is 1. The van der Waals surface area contributed by atoms with Gasteiger partial charge in [0.05, 0.1) is 12.7 Å². The second-order valence-electron chi connectivity index (χ2n) is 5.30. The highest BCUT2D eigenvalue weighted by Crippen LogP contribution is 2.13. The van der Waals surface area contributed by atoms with Gasteiger partial charge in [0.25, 0.3) is 0 Å². The molecule has 1 aromatic carbocycles. The Kier molecular flexibility index (Phi) is 5.57. The van der Waals surface area contributed by atoms with E-state index in [0.717, 1.165) is 23.5 Å². The van der Waals surface area contributed by atoms with Crippen molar-refractivity contribution in [2.45, 2.75) is 19.4 Å². The average Bonchev–Trinajstić information content (AvgIpc) is 3.29. The van der Waals surface area contributed by atoms with Crippen LogP contribution in [0.25, 0.3) is 5.00 Å². The molecular weight excluding hydrogens is 322 g/mol. The number of urea groups is 1. The minimum Gasteiger partial charge on any atom is -0.338 e. The molecule has 3 aromatic rings. The third kappa shape index (κ3) is 4.66. The molecule has 24 heavy (non-hydrogen) atoms. The third-order valence-corrected chi connectivity index (χ3v) is 4.33. The monoisotopic (exact) mass is 341 g/mol. The molecule has 2 aromatic heterocycles. The first-order valence-corrected chi connectivity index (χ1v) is 8.70. The van der Waals surface area contributed by atoms with Crippen LogP contribution in [0, 0.1) is 0 Å². The lowest BCUT2D eigenvalue weighted by molar-refractivity contribution is 0.240. The number of amides is 2. The summed E-state index contributed by atoms with van der Waals surface area (Å²) < 4.78 is 1.71. The molecule has 0 saturated heterocycles. The smallest absolute Gasteiger partial charge is 0.315 e. The molecule has 2 heterocycles. The van der Waals surface area contributed by atoms with Crippen LogP contribution in [0.5, 0.6) is 0 Å². The molecule has 0 fully saturated rings. The van der Waals surface area contributed by atoms with Gasteiger partial charge in [0, 0.05) is 6.54 Å². The number of nitrogens with zero attached hydrogens (tertiary/aromatic N) is 3. The van der Waals surface area contributed by atoms with E-state index in [1.165, 1.54) is 5.56 Å². The van der Waals surface area contributed by atoms with Crippen LogP contribution in [0.2, 0.25) is 0 Å². The molecule has 0 aliphatic carbocycles. The number of hydrogen-bond donors (Lipinski definition) is 2. The normalized spacial score (nSPS) is 10.5. The van der Waals surface area contributed by atoms with Gasteiger partial charge in [-0.15, -0.1) is 16.4 Å². The second kappa shape index (κ2) is 8.26. The SMILES string of the molecule is O=C(NCCCc1ccccc1)NCc1cn(-c2cccs2)nn1. The van der Waals surface area contributed by atoms with Crippen molar-refractivity contribution in [3.63, 3.8) is 0 Å². The largest absolute Gasteiger partial charge is 0.338 e. The lowest BCUT2D eigenvalue weighted by Gasteiger charge is -2.06. The Labute approximate surface area is 144 Å². The summed E-state index contributed by atoms with van der Waals surface area (Å²) in [6.45, 7) is 0.999. The quantitative estimate of drug-likeness (QED) is 0.649. The van der Waals surface area contributed by atoms with E-state index in [1.807, 2.05) is 41.9 Å². The average molecular weight is 341 g/mol. The van der Waals surface area contributed by atoms with Gasteiger partial charge in [0.15, 0.2) is 0 Å². The highest BCUT2D eigenvalue weighted by atomic mass is 32.1. The van der Waals surface area contributed by atoms with Gasteiger partial charge in [-0.25, -0.2) is 9.48 Å². The lowest BCUT2D eigenvalue weighted by atomic mass is 10.1. The van der Waals surface area contributed by atoms with Crippen LogP contribution in [-0.4, -0.2) is 27.6 Å². The van der Waals surface area contributed by atoms with E-state index in [-0.39, 0.29) is 6.03 Å². The molecule has 0 aliphatic heterocycles. The molecule has 7 heteroatoms. The Balaban J connectivity index is 1.35. The topological polar surface area (TPSA) is 71.8 Å². The first-order valence-electron chi connectivity index (χ1n) is 7.82. The molecule has 0 bridgehead atoms. The standard InChI is InChI=1S/C17H19N5OS/c23-17(18-10-4-8-14-6-2-1-3-7-14)19-12-15-13-22(21-20-15)16-9-5-11-24-16/h1-3,5-7,9,11,13H,4,8,10,12H2,(H2,18,19,23). The van der Waals surface area contributed by atoms with Crippen LogP contribution in [0.1, 0.15) is 17.7 Å². The van der Waals surface area contributed by atoms with Crippen molar-refractivity contribution in [2.24, 2.45) is 0 Å². The summed E-state index contributed by atoms with van der Waals surface area (Å²) in [5.74, 6) is 0. The van der Waals surface area contributed by atoms with Crippen LogP contribution in [0.15, 0.2) is 54.0 Å². The molecule has 0 spiro atoms. The number of nitrogens with one attached hydrogen (secondary N) is 2. The molecule has 124 valence electrons. The number of aromatic nitrogens is 3. The summed E-state index contributed by atoms with van der Waals surface area (Å²) in [6, 6.07) is 14.0. The fraction of sp³-hybridized carbons (Fsp3) is 0.235. The van der Waals surface area contributed by atoms with Crippen LogP contribution < -0.4 is 10.6 Å². The zero-order chi connectivity index (χ0) is 16.6. The Bertz CT molecular complexity index is 754. The number of carbonyl (C=O) groups is 1. The summed E-state index contributed by atoms with van der Waals surface area (Å²) in [6.07, 6.45) is 3.68. The highest BCUT2D eigenvalue weighted by Gasteiger charge is 2.05. The molecule has 2 amide bonds. The van der Waals surface area contributed by atoms with Gasteiger partial charge in [-0.1, -0.05) is 35.5 Å². The summed E-state index contributed by atoms with van der Waals surface area (Å²) in [5, 5.41) is 16.7. The zero-order valence-corrected chi connectivity index (χ0v) is 14.0. The van der Waals surface area contributed by atoms with Crippen LogP contribution in [0.4, 0.5) is 4.79 Å². The van der Waals surface area contributed by atoms with Crippen molar-refractivity contribution in [1.82, 2.24) is 25.6 Å². The fourth-order valence-electron chi connectivity index (χ4n) is 2.26. The van der Waals surface area contributed by atoms with E-state index in [0.29, 0.717) is 13.1 Å². The van der Waals surface area contributed by atoms with Gasteiger partial charge in [0.2, 0.25) is 0 Å². The maximum Gasteiger partial charge on any atom is 0.315 e. The summed E-state index contributed by atoms with van der Waals surface area (Å²) in [4.78, 5) is 11.8. The minimum atomic E-state index is -0.186. The predicted molar refractivity (Wildman–Crippen MR) is 94.2 cm³/mol. The van der Waals surface area contributed by atoms with Crippen molar-refractivity contribution in [3.8, 4) is 5.00 Å². The molecule has 2 N–H and O–H groups in total. The molecule has 0 unspecified atom stereocenters. The van der Waals surface area contributed by atoms with Gasteiger partial charge in [0.1, 0.15) is 10.7 Å². The second-order valence-corrected chi connectivity index (χ2v) is 6.23. The first kappa shape index (κ1) is 16.2. The summed E-state index contributed by atoms with van der Waals surface area (Å²) in [5.41, 5.74) is 2.01. The molecule has 0 radical (unpaired) electrons. The molecule has 0 aliphatic rings. The van der Waals surface area contributed by atoms with Gasteiger partial charge >= 0.3 is 6.03 Å².